The molecular formula is C23H22N4O3. The Labute approximate surface area is 173 Å². The SMILES string of the molecule is C=CC(=O)Nc1nnc(C(Cc2ccccc2)c2cn(CCO)c3ccccc23)o1. The van der Waals surface area contributed by atoms with Gasteiger partial charge in [-0.1, -0.05) is 60.2 Å². The third kappa shape index (κ3) is 4.01. The number of nitrogens with one attached hydrogen (secondary N) is 1. The van der Waals surface area contributed by atoms with Gasteiger partial charge < -0.3 is 14.1 Å². The van der Waals surface area contributed by atoms with Crippen molar-refractivity contribution in [1.82, 2.24) is 14.8 Å². The third-order valence-electron chi connectivity index (χ3n) is 4.97. The number of para-hydroxylation sites is 1. The Morgan fingerprint density at radius 2 is 1.93 bits per heavy atom. The lowest BCUT2D eigenvalue weighted by Crippen LogP contribution is -2.07. The van der Waals surface area contributed by atoms with Crippen molar-refractivity contribution in [2.45, 2.75) is 18.9 Å². The molecule has 7 heteroatoms. The summed E-state index contributed by atoms with van der Waals surface area (Å²) in [5.74, 6) is -0.228. The molecule has 30 heavy (non-hydrogen) atoms. The van der Waals surface area contributed by atoms with E-state index in [2.05, 4.69) is 34.2 Å². The average Bonchev–Trinajstić information content (AvgIpc) is 3.38. The van der Waals surface area contributed by atoms with Crippen molar-refractivity contribution in [2.75, 3.05) is 11.9 Å². The number of fused-ring (bicyclic) bond motifs is 1. The van der Waals surface area contributed by atoms with E-state index in [9.17, 15) is 9.90 Å². The first-order valence-corrected chi connectivity index (χ1v) is 9.69. The van der Waals surface area contributed by atoms with Gasteiger partial charge in [0.2, 0.25) is 5.89 Å². The summed E-state index contributed by atoms with van der Waals surface area (Å²) in [5, 5.41) is 21.2. The van der Waals surface area contributed by atoms with E-state index in [0.717, 1.165) is 28.1 Å². The molecule has 0 radical (unpaired) electrons. The Balaban J connectivity index is 1.79. The van der Waals surface area contributed by atoms with Crippen LogP contribution in [0.15, 0.2) is 77.9 Å². The number of aliphatic hydroxyl groups is 1. The smallest absolute Gasteiger partial charge is 0.322 e. The molecule has 1 amide bonds. The maximum Gasteiger partial charge on any atom is 0.322 e. The van der Waals surface area contributed by atoms with Crippen LogP contribution in [0.1, 0.15) is 22.9 Å². The highest BCUT2D eigenvalue weighted by atomic mass is 16.4. The normalized spacial score (nSPS) is 12.0. The summed E-state index contributed by atoms with van der Waals surface area (Å²) < 4.78 is 7.83. The van der Waals surface area contributed by atoms with Gasteiger partial charge in [-0.2, -0.15) is 0 Å². The van der Waals surface area contributed by atoms with Gasteiger partial charge in [0.05, 0.1) is 12.5 Å². The van der Waals surface area contributed by atoms with E-state index in [1.807, 2.05) is 53.2 Å². The van der Waals surface area contributed by atoms with E-state index in [1.54, 1.807) is 0 Å². The molecular weight excluding hydrogens is 380 g/mol. The molecule has 4 rings (SSSR count). The fourth-order valence-electron chi connectivity index (χ4n) is 3.61. The van der Waals surface area contributed by atoms with Gasteiger partial charge in [0.1, 0.15) is 0 Å². The molecule has 0 aliphatic rings. The Morgan fingerprint density at radius 3 is 2.70 bits per heavy atom. The molecule has 0 fully saturated rings. The van der Waals surface area contributed by atoms with E-state index in [-0.39, 0.29) is 18.5 Å². The molecule has 2 aromatic carbocycles. The second-order valence-electron chi connectivity index (χ2n) is 6.90. The summed E-state index contributed by atoms with van der Waals surface area (Å²) >= 11 is 0. The largest absolute Gasteiger partial charge is 0.407 e. The number of nitrogens with zero attached hydrogens (tertiary/aromatic N) is 3. The molecule has 152 valence electrons. The van der Waals surface area contributed by atoms with E-state index in [1.165, 1.54) is 0 Å². The van der Waals surface area contributed by atoms with Gasteiger partial charge in [0.15, 0.2) is 0 Å². The minimum Gasteiger partial charge on any atom is -0.407 e. The van der Waals surface area contributed by atoms with Crippen LogP contribution in [0.25, 0.3) is 10.9 Å². The summed E-state index contributed by atoms with van der Waals surface area (Å²) in [4.78, 5) is 11.6. The van der Waals surface area contributed by atoms with Gasteiger partial charge in [0.25, 0.3) is 5.91 Å². The van der Waals surface area contributed by atoms with E-state index < -0.39 is 5.91 Å². The molecule has 0 aliphatic heterocycles. The summed E-state index contributed by atoms with van der Waals surface area (Å²) in [7, 11) is 0. The first-order valence-electron chi connectivity index (χ1n) is 9.69. The number of amides is 1. The number of hydrogen-bond acceptors (Lipinski definition) is 5. The Morgan fingerprint density at radius 1 is 1.17 bits per heavy atom. The maximum atomic E-state index is 11.6. The summed E-state index contributed by atoms with van der Waals surface area (Å²) in [5.41, 5.74) is 3.17. The van der Waals surface area contributed by atoms with Crippen LogP contribution in [0.3, 0.4) is 0 Å². The van der Waals surface area contributed by atoms with Crippen LogP contribution in [0, 0.1) is 0 Å². The summed E-state index contributed by atoms with van der Waals surface area (Å²) in [6.07, 6.45) is 3.82. The molecule has 0 saturated carbocycles. The van der Waals surface area contributed by atoms with Crippen molar-refractivity contribution < 1.29 is 14.3 Å². The number of aliphatic hydroxyl groups excluding tert-OH is 1. The lowest BCUT2D eigenvalue weighted by molar-refractivity contribution is -0.112. The predicted octanol–water partition coefficient (Wildman–Crippen LogP) is 3.52. The molecule has 0 spiro atoms. The zero-order valence-electron chi connectivity index (χ0n) is 16.4. The first kappa shape index (κ1) is 19.6. The molecule has 1 atom stereocenters. The van der Waals surface area contributed by atoms with Crippen LogP contribution in [0.5, 0.6) is 0 Å². The van der Waals surface area contributed by atoms with Crippen LogP contribution < -0.4 is 5.32 Å². The minimum absolute atomic E-state index is 0.0343. The molecule has 2 aromatic heterocycles. The lowest BCUT2D eigenvalue weighted by Gasteiger charge is -2.13. The Hall–Kier alpha value is -3.71. The fourth-order valence-corrected chi connectivity index (χ4v) is 3.61. The number of carbonyl (C=O) groups is 1. The molecule has 2 heterocycles. The van der Waals surface area contributed by atoms with Crippen molar-refractivity contribution in [3.05, 3.63) is 90.5 Å². The van der Waals surface area contributed by atoms with Gasteiger partial charge in [-0.05, 0) is 29.7 Å². The summed E-state index contributed by atoms with van der Waals surface area (Å²) in [6.45, 7) is 3.96. The third-order valence-corrected chi connectivity index (χ3v) is 4.97. The monoisotopic (exact) mass is 402 g/mol. The topological polar surface area (TPSA) is 93.2 Å². The molecule has 4 aromatic rings. The van der Waals surface area contributed by atoms with Gasteiger partial charge >= 0.3 is 6.01 Å². The van der Waals surface area contributed by atoms with Crippen molar-refractivity contribution in [3.8, 4) is 0 Å². The van der Waals surface area contributed by atoms with E-state index in [0.29, 0.717) is 18.9 Å². The maximum absolute atomic E-state index is 11.6. The number of aromatic nitrogens is 3. The van der Waals surface area contributed by atoms with Gasteiger partial charge in [-0.3, -0.25) is 10.1 Å². The molecule has 0 saturated heterocycles. The van der Waals surface area contributed by atoms with Crippen LogP contribution in [-0.4, -0.2) is 32.4 Å². The average molecular weight is 402 g/mol. The van der Waals surface area contributed by atoms with Crippen molar-refractivity contribution >= 4 is 22.8 Å². The zero-order chi connectivity index (χ0) is 20.9. The van der Waals surface area contributed by atoms with Crippen LogP contribution in [0.2, 0.25) is 0 Å². The van der Waals surface area contributed by atoms with E-state index >= 15 is 0 Å². The molecule has 7 nitrogen and oxygen atoms in total. The minimum atomic E-state index is -0.413. The molecule has 0 aliphatic carbocycles. The highest BCUT2D eigenvalue weighted by molar-refractivity contribution is 5.97. The van der Waals surface area contributed by atoms with Crippen LogP contribution in [0.4, 0.5) is 6.01 Å². The second kappa shape index (κ2) is 8.75. The number of anilines is 1. The Bertz CT molecular complexity index is 1160. The Kier molecular flexibility index (Phi) is 5.72. The molecule has 2 N–H and O–H groups in total. The van der Waals surface area contributed by atoms with Crippen LogP contribution >= 0.6 is 0 Å². The van der Waals surface area contributed by atoms with Crippen molar-refractivity contribution in [3.63, 3.8) is 0 Å². The highest BCUT2D eigenvalue weighted by Crippen LogP contribution is 2.35. The summed E-state index contributed by atoms with van der Waals surface area (Å²) in [6, 6.07) is 18.1. The van der Waals surface area contributed by atoms with Crippen LogP contribution in [-0.2, 0) is 17.8 Å². The number of benzene rings is 2. The fraction of sp³-hybridized carbons (Fsp3) is 0.174. The van der Waals surface area contributed by atoms with Crippen molar-refractivity contribution in [1.29, 1.82) is 0 Å². The van der Waals surface area contributed by atoms with Gasteiger partial charge in [-0.25, -0.2) is 0 Å². The molecule has 0 bridgehead atoms. The zero-order valence-corrected chi connectivity index (χ0v) is 16.4. The number of hydrogen-bond donors (Lipinski definition) is 2. The van der Waals surface area contributed by atoms with Gasteiger partial charge in [0, 0.05) is 23.6 Å². The molecule has 1 unspecified atom stereocenters. The predicted molar refractivity (Wildman–Crippen MR) is 114 cm³/mol. The van der Waals surface area contributed by atoms with Gasteiger partial charge in [-0.15, -0.1) is 5.10 Å². The van der Waals surface area contributed by atoms with Crippen molar-refractivity contribution in [2.24, 2.45) is 0 Å². The standard InChI is InChI=1S/C23H22N4O3/c1-2-21(29)24-23-26-25-22(30-23)18(14-16-8-4-3-5-9-16)19-15-27(12-13-28)20-11-7-6-10-17(19)20/h2-11,15,18,28H,1,12-14H2,(H,24,26,29). The number of rotatable bonds is 8. The first-order chi connectivity index (χ1) is 14.7. The van der Waals surface area contributed by atoms with E-state index in [4.69, 9.17) is 4.42 Å². The lowest BCUT2D eigenvalue weighted by atomic mass is 9.91. The quantitative estimate of drug-likeness (QED) is 0.440. The second-order valence-corrected chi connectivity index (χ2v) is 6.90. The number of carbonyl (C=O) groups excluding carboxylic acids is 1. The highest BCUT2D eigenvalue weighted by Gasteiger charge is 2.25.